The van der Waals surface area contributed by atoms with Crippen LogP contribution >= 0.6 is 23.4 Å². The van der Waals surface area contributed by atoms with Crippen LogP contribution in [0.4, 0.5) is 11.4 Å². The number of amidine groups is 1. The highest BCUT2D eigenvalue weighted by molar-refractivity contribution is 8.15. The van der Waals surface area contributed by atoms with Crippen molar-refractivity contribution in [3.63, 3.8) is 0 Å². The zero-order chi connectivity index (χ0) is 19.6. The topological polar surface area (TPSA) is 70.6 Å². The normalized spacial score (nSPS) is 17.9. The molecule has 3 rings (SSSR count). The Morgan fingerprint density at radius 1 is 1.19 bits per heavy atom. The summed E-state index contributed by atoms with van der Waals surface area (Å²) >= 11 is 7.36. The van der Waals surface area contributed by atoms with Gasteiger partial charge in [0.25, 0.3) is 0 Å². The van der Waals surface area contributed by atoms with Gasteiger partial charge in [0.05, 0.1) is 5.69 Å². The molecule has 5 nitrogen and oxygen atoms in total. The number of thioether (sulfide) groups is 1. The van der Waals surface area contributed by atoms with Crippen LogP contribution in [0, 0.1) is 20.8 Å². The Labute approximate surface area is 167 Å². The second-order valence-electron chi connectivity index (χ2n) is 6.42. The Morgan fingerprint density at radius 2 is 1.85 bits per heavy atom. The van der Waals surface area contributed by atoms with E-state index in [9.17, 15) is 9.59 Å². The van der Waals surface area contributed by atoms with Crippen molar-refractivity contribution in [1.29, 1.82) is 0 Å². The summed E-state index contributed by atoms with van der Waals surface area (Å²) in [4.78, 5) is 29.2. The number of aliphatic imine (C=N–C) groups is 1. The molecule has 1 aliphatic heterocycles. The van der Waals surface area contributed by atoms with Crippen LogP contribution in [-0.4, -0.2) is 22.2 Å². The molecule has 0 saturated carbocycles. The first-order valence-corrected chi connectivity index (χ1v) is 9.78. The fraction of sp³-hybridized carbons (Fsp3) is 0.250. The predicted octanol–water partition coefficient (Wildman–Crippen LogP) is 4.51. The van der Waals surface area contributed by atoms with Crippen LogP contribution in [0.25, 0.3) is 0 Å². The van der Waals surface area contributed by atoms with Crippen LogP contribution < -0.4 is 10.6 Å². The van der Waals surface area contributed by atoms with Gasteiger partial charge in [0.2, 0.25) is 11.8 Å². The van der Waals surface area contributed by atoms with Crippen molar-refractivity contribution in [3.05, 3.63) is 58.1 Å². The van der Waals surface area contributed by atoms with Crippen LogP contribution in [0.2, 0.25) is 5.02 Å². The Balaban J connectivity index is 1.68. The summed E-state index contributed by atoms with van der Waals surface area (Å²) in [5.74, 6) is -0.440. The maximum absolute atomic E-state index is 12.4. The first-order chi connectivity index (χ1) is 12.8. The van der Waals surface area contributed by atoms with Crippen LogP contribution in [0.15, 0.2) is 41.4 Å². The molecule has 1 saturated heterocycles. The number of carbonyl (C=O) groups is 2. The molecule has 2 amide bonds. The van der Waals surface area contributed by atoms with Gasteiger partial charge in [-0.25, -0.2) is 4.99 Å². The SMILES string of the molecule is Cc1cccc(C)c1N=C1NC(=O)[C@H](CC(=O)Nc2cccc(Cl)c2C)S1. The summed E-state index contributed by atoms with van der Waals surface area (Å²) in [6, 6.07) is 11.3. The Hall–Kier alpha value is -2.31. The summed E-state index contributed by atoms with van der Waals surface area (Å²) in [5.41, 5.74) is 4.37. The molecule has 1 aliphatic rings. The standard InChI is InChI=1S/C20H20ClN3O2S/c1-11-6-4-7-12(2)18(11)23-20-24-19(26)16(27-20)10-17(25)22-15-9-5-8-14(21)13(15)3/h4-9,16H,10H2,1-3H3,(H,22,25)(H,23,24,26)/t16-/m0/s1. The number of para-hydroxylation sites is 1. The number of carbonyl (C=O) groups excluding carboxylic acids is 2. The molecule has 2 N–H and O–H groups in total. The van der Waals surface area contributed by atoms with Crippen molar-refractivity contribution in [2.75, 3.05) is 5.32 Å². The fourth-order valence-corrected chi connectivity index (χ4v) is 3.94. The molecule has 1 heterocycles. The second-order valence-corrected chi connectivity index (χ2v) is 8.02. The molecule has 0 radical (unpaired) electrons. The van der Waals surface area contributed by atoms with Crippen molar-refractivity contribution in [3.8, 4) is 0 Å². The highest BCUT2D eigenvalue weighted by atomic mass is 35.5. The molecule has 140 valence electrons. The van der Waals surface area contributed by atoms with Gasteiger partial charge in [-0.3, -0.25) is 9.59 Å². The number of aryl methyl sites for hydroxylation is 2. The maximum atomic E-state index is 12.4. The van der Waals surface area contributed by atoms with Crippen molar-refractivity contribution in [2.24, 2.45) is 4.99 Å². The van der Waals surface area contributed by atoms with Gasteiger partial charge in [-0.05, 0) is 49.6 Å². The minimum atomic E-state index is -0.507. The largest absolute Gasteiger partial charge is 0.326 e. The van der Waals surface area contributed by atoms with E-state index in [2.05, 4.69) is 15.6 Å². The summed E-state index contributed by atoms with van der Waals surface area (Å²) in [5, 5.41) is 6.20. The minimum Gasteiger partial charge on any atom is -0.326 e. The summed E-state index contributed by atoms with van der Waals surface area (Å²) in [7, 11) is 0. The summed E-state index contributed by atoms with van der Waals surface area (Å²) < 4.78 is 0. The van der Waals surface area contributed by atoms with E-state index >= 15 is 0 Å². The van der Waals surface area contributed by atoms with E-state index in [1.807, 2.05) is 39.0 Å². The molecule has 0 aliphatic carbocycles. The second kappa shape index (κ2) is 8.15. The lowest BCUT2D eigenvalue weighted by Gasteiger charge is -2.10. The quantitative estimate of drug-likeness (QED) is 0.791. The first-order valence-electron chi connectivity index (χ1n) is 8.52. The molecule has 7 heteroatoms. The lowest BCUT2D eigenvalue weighted by molar-refractivity contribution is -0.122. The number of hydrogen-bond acceptors (Lipinski definition) is 4. The van der Waals surface area contributed by atoms with E-state index in [-0.39, 0.29) is 18.2 Å². The van der Waals surface area contributed by atoms with Gasteiger partial charge in [-0.1, -0.05) is 47.6 Å². The molecule has 0 unspecified atom stereocenters. The molecule has 0 aromatic heterocycles. The number of anilines is 1. The summed E-state index contributed by atoms with van der Waals surface area (Å²) in [6.45, 7) is 5.79. The number of benzene rings is 2. The van der Waals surface area contributed by atoms with Gasteiger partial charge in [0.1, 0.15) is 5.25 Å². The molecule has 0 spiro atoms. The Bertz CT molecular complexity index is 923. The van der Waals surface area contributed by atoms with Crippen LogP contribution in [0.1, 0.15) is 23.1 Å². The van der Waals surface area contributed by atoms with Crippen LogP contribution in [-0.2, 0) is 9.59 Å². The van der Waals surface area contributed by atoms with Crippen LogP contribution in [0.5, 0.6) is 0 Å². The van der Waals surface area contributed by atoms with E-state index in [1.165, 1.54) is 11.8 Å². The highest BCUT2D eigenvalue weighted by Crippen LogP contribution is 2.29. The molecule has 0 bridgehead atoms. The average molecular weight is 402 g/mol. The van der Waals surface area contributed by atoms with Crippen molar-refractivity contribution >= 4 is 51.7 Å². The van der Waals surface area contributed by atoms with Crippen LogP contribution in [0.3, 0.4) is 0 Å². The van der Waals surface area contributed by atoms with Crippen molar-refractivity contribution in [2.45, 2.75) is 32.4 Å². The third-order valence-corrected chi connectivity index (χ3v) is 5.83. The van der Waals surface area contributed by atoms with Gasteiger partial charge >= 0.3 is 0 Å². The number of hydrogen-bond donors (Lipinski definition) is 2. The molecule has 1 atom stereocenters. The van der Waals surface area contributed by atoms with E-state index < -0.39 is 5.25 Å². The van der Waals surface area contributed by atoms with Gasteiger partial charge < -0.3 is 10.6 Å². The third kappa shape index (κ3) is 4.51. The zero-order valence-electron chi connectivity index (χ0n) is 15.3. The maximum Gasteiger partial charge on any atom is 0.240 e. The smallest absolute Gasteiger partial charge is 0.240 e. The number of amides is 2. The Kier molecular flexibility index (Phi) is 5.87. The molecule has 1 fully saturated rings. The first kappa shape index (κ1) is 19.5. The lowest BCUT2D eigenvalue weighted by atomic mass is 10.1. The van der Waals surface area contributed by atoms with Gasteiger partial charge in [-0.2, -0.15) is 0 Å². The van der Waals surface area contributed by atoms with E-state index in [1.54, 1.807) is 18.2 Å². The van der Waals surface area contributed by atoms with Gasteiger partial charge in [0.15, 0.2) is 5.17 Å². The van der Waals surface area contributed by atoms with Gasteiger partial charge in [-0.15, -0.1) is 0 Å². The predicted molar refractivity (Wildman–Crippen MR) is 112 cm³/mol. The van der Waals surface area contributed by atoms with Gasteiger partial charge in [0, 0.05) is 17.1 Å². The molecular formula is C20H20ClN3O2S. The van der Waals surface area contributed by atoms with E-state index in [4.69, 9.17) is 11.6 Å². The molecular weight excluding hydrogens is 382 g/mol. The molecule has 2 aromatic rings. The summed E-state index contributed by atoms with van der Waals surface area (Å²) in [6.07, 6.45) is 0.0637. The lowest BCUT2D eigenvalue weighted by Crippen LogP contribution is -2.28. The molecule has 2 aromatic carbocycles. The molecule has 27 heavy (non-hydrogen) atoms. The number of nitrogens with one attached hydrogen (secondary N) is 2. The van der Waals surface area contributed by atoms with Crippen molar-refractivity contribution in [1.82, 2.24) is 5.32 Å². The number of rotatable bonds is 4. The zero-order valence-corrected chi connectivity index (χ0v) is 16.9. The van der Waals surface area contributed by atoms with E-state index in [0.29, 0.717) is 15.9 Å². The fourth-order valence-electron chi connectivity index (χ4n) is 2.79. The number of halogens is 1. The van der Waals surface area contributed by atoms with E-state index in [0.717, 1.165) is 22.4 Å². The number of nitrogens with zero attached hydrogens (tertiary/aromatic N) is 1. The minimum absolute atomic E-state index is 0.0637. The third-order valence-electron chi connectivity index (χ3n) is 4.34. The monoisotopic (exact) mass is 401 g/mol. The average Bonchev–Trinajstić information content (AvgIpc) is 2.95. The van der Waals surface area contributed by atoms with Crippen molar-refractivity contribution < 1.29 is 9.59 Å². The highest BCUT2D eigenvalue weighted by Gasteiger charge is 2.32. The Morgan fingerprint density at radius 3 is 2.56 bits per heavy atom.